The number of ether oxygens (including phenoxy) is 2. The molecule has 0 aliphatic carbocycles. The molecule has 9 nitrogen and oxygen atoms in total. The maximum absolute atomic E-state index is 13.9. The molecular weight excluding hydrogens is 570 g/mol. The van der Waals surface area contributed by atoms with Crippen LogP contribution in [0, 0.1) is 5.92 Å². The van der Waals surface area contributed by atoms with Crippen LogP contribution in [0.15, 0.2) is 91.1 Å². The highest BCUT2D eigenvalue weighted by molar-refractivity contribution is 5.98. The summed E-state index contributed by atoms with van der Waals surface area (Å²) < 4.78 is 10.7. The zero-order valence-corrected chi connectivity index (χ0v) is 25.6. The van der Waals surface area contributed by atoms with Gasteiger partial charge in [0.25, 0.3) is 0 Å². The smallest absolute Gasteiger partial charge is 0.408 e. The Bertz CT molecular complexity index is 1630. The predicted molar refractivity (Wildman–Crippen MR) is 170 cm³/mol. The molecule has 0 spiro atoms. The van der Waals surface area contributed by atoms with Crippen LogP contribution in [0.1, 0.15) is 43.4 Å². The third kappa shape index (κ3) is 8.45. The van der Waals surface area contributed by atoms with Crippen molar-refractivity contribution >= 4 is 34.5 Å². The number of fused-ring (bicyclic) bond motifs is 1. The van der Waals surface area contributed by atoms with Crippen LogP contribution < -0.4 is 10.6 Å². The minimum Gasteiger partial charge on any atom is -0.445 e. The number of aromatic amines is 1. The minimum atomic E-state index is -0.921. The number of aromatic nitrogens is 1. The molecule has 3 N–H and O–H groups in total. The summed E-state index contributed by atoms with van der Waals surface area (Å²) in [6, 6.07) is 25.1. The molecule has 3 aromatic carbocycles. The molecule has 2 amide bonds. The van der Waals surface area contributed by atoms with Gasteiger partial charge in [0.1, 0.15) is 12.2 Å². The second-order valence-corrected chi connectivity index (χ2v) is 11.8. The molecule has 0 saturated carbocycles. The van der Waals surface area contributed by atoms with Crippen molar-refractivity contribution in [2.75, 3.05) is 6.61 Å². The molecule has 0 bridgehead atoms. The van der Waals surface area contributed by atoms with E-state index in [4.69, 9.17) is 9.47 Å². The van der Waals surface area contributed by atoms with E-state index in [9.17, 15) is 19.2 Å². The summed E-state index contributed by atoms with van der Waals surface area (Å²) in [5.74, 6) is -1.69. The number of rotatable bonds is 15. The number of carbonyl (C=O) groups is 4. The second-order valence-electron chi connectivity index (χ2n) is 11.8. The lowest BCUT2D eigenvalue weighted by Crippen LogP contribution is -2.49. The van der Waals surface area contributed by atoms with Gasteiger partial charge in [-0.25, -0.2) is 4.79 Å². The molecule has 234 valence electrons. The molecule has 1 aliphatic rings. The number of alkyl carbamates (subject to hydrolysis) is 1. The lowest BCUT2D eigenvalue weighted by Gasteiger charge is -2.24. The van der Waals surface area contributed by atoms with Gasteiger partial charge in [0, 0.05) is 29.4 Å². The van der Waals surface area contributed by atoms with Crippen molar-refractivity contribution in [2.24, 2.45) is 5.92 Å². The van der Waals surface area contributed by atoms with Gasteiger partial charge < -0.3 is 25.1 Å². The van der Waals surface area contributed by atoms with Crippen LogP contribution >= 0.6 is 0 Å². The maximum atomic E-state index is 13.9. The van der Waals surface area contributed by atoms with E-state index in [-0.39, 0.29) is 31.0 Å². The Morgan fingerprint density at radius 3 is 2.24 bits per heavy atom. The molecule has 2 unspecified atom stereocenters. The van der Waals surface area contributed by atoms with E-state index in [1.165, 1.54) is 0 Å². The lowest BCUT2D eigenvalue weighted by molar-refractivity contribution is -0.134. The Kier molecular flexibility index (Phi) is 10.1. The van der Waals surface area contributed by atoms with Crippen molar-refractivity contribution in [3.8, 4) is 0 Å². The van der Waals surface area contributed by atoms with Crippen LogP contribution in [0.25, 0.3) is 10.9 Å². The number of ketones is 2. The predicted octanol–water partition coefficient (Wildman–Crippen LogP) is 5.08. The van der Waals surface area contributed by atoms with Crippen molar-refractivity contribution in [2.45, 2.75) is 63.8 Å². The number of nitrogens with one attached hydrogen (secondary N) is 3. The SMILES string of the molecule is C[C@H](NC(=O)OCc1ccccc1)C(=O)CC(Cc1c[nH]c2ccccc12)C(=O)NC(CCc1ccccc1)C(=O)[C@@]1(C)CO1. The van der Waals surface area contributed by atoms with Gasteiger partial charge in [-0.15, -0.1) is 0 Å². The van der Waals surface area contributed by atoms with Gasteiger partial charge in [0.15, 0.2) is 11.6 Å². The lowest BCUT2D eigenvalue weighted by atomic mass is 9.89. The summed E-state index contributed by atoms with van der Waals surface area (Å²) in [5.41, 5.74) is 2.75. The molecule has 4 atom stereocenters. The number of hydrogen-bond acceptors (Lipinski definition) is 6. The zero-order valence-electron chi connectivity index (χ0n) is 25.6. The van der Waals surface area contributed by atoms with Gasteiger partial charge in [-0.2, -0.15) is 0 Å². The molecule has 0 radical (unpaired) electrons. The number of Topliss-reactive ketones (excluding diaryl/α,β-unsaturated/α-hetero) is 2. The molecule has 4 aromatic rings. The maximum Gasteiger partial charge on any atom is 0.408 e. The average molecular weight is 610 g/mol. The Morgan fingerprint density at radius 2 is 1.56 bits per heavy atom. The molecule has 9 heteroatoms. The van der Waals surface area contributed by atoms with Crippen LogP contribution in [0.4, 0.5) is 4.79 Å². The Hall–Kier alpha value is -4.76. The largest absolute Gasteiger partial charge is 0.445 e. The topological polar surface area (TPSA) is 130 Å². The van der Waals surface area contributed by atoms with Crippen molar-refractivity contribution in [3.05, 3.63) is 108 Å². The number of carbonyl (C=O) groups excluding carboxylic acids is 4. The molecule has 1 aliphatic heterocycles. The third-order valence-corrected chi connectivity index (χ3v) is 8.29. The highest BCUT2D eigenvalue weighted by Crippen LogP contribution is 2.30. The summed E-state index contributed by atoms with van der Waals surface area (Å²) in [6.07, 6.45) is 2.23. The van der Waals surface area contributed by atoms with Crippen LogP contribution in [0.2, 0.25) is 0 Å². The molecule has 2 heterocycles. The molecule has 5 rings (SSSR count). The summed E-state index contributed by atoms with van der Waals surface area (Å²) in [5, 5.41) is 6.52. The molecule has 45 heavy (non-hydrogen) atoms. The van der Waals surface area contributed by atoms with E-state index in [1.54, 1.807) is 13.8 Å². The van der Waals surface area contributed by atoms with E-state index in [0.717, 1.165) is 27.6 Å². The monoisotopic (exact) mass is 609 g/mol. The number of amides is 2. The normalized spacial score (nSPS) is 17.6. The fourth-order valence-corrected chi connectivity index (χ4v) is 5.40. The van der Waals surface area contributed by atoms with Crippen molar-refractivity contribution < 1.29 is 28.7 Å². The first-order valence-corrected chi connectivity index (χ1v) is 15.3. The van der Waals surface area contributed by atoms with Gasteiger partial charge in [0.05, 0.1) is 18.7 Å². The first kappa shape index (κ1) is 31.7. The van der Waals surface area contributed by atoms with Crippen LogP contribution in [0.3, 0.4) is 0 Å². The Labute approximate surface area is 262 Å². The van der Waals surface area contributed by atoms with Crippen LogP contribution in [-0.2, 0) is 43.3 Å². The van der Waals surface area contributed by atoms with Gasteiger partial charge >= 0.3 is 6.09 Å². The first-order valence-electron chi connectivity index (χ1n) is 15.3. The quantitative estimate of drug-likeness (QED) is 0.161. The number of H-pyrrole nitrogens is 1. The van der Waals surface area contributed by atoms with Crippen LogP contribution in [0.5, 0.6) is 0 Å². The summed E-state index contributed by atoms with van der Waals surface area (Å²) in [7, 11) is 0. The average Bonchev–Trinajstić information content (AvgIpc) is 3.69. The minimum absolute atomic E-state index is 0.0697. The van der Waals surface area contributed by atoms with Crippen molar-refractivity contribution in [1.29, 1.82) is 0 Å². The summed E-state index contributed by atoms with van der Waals surface area (Å²) in [6.45, 7) is 3.68. The third-order valence-electron chi connectivity index (χ3n) is 8.29. The number of aryl methyl sites for hydroxylation is 1. The van der Waals surface area contributed by atoms with Gasteiger partial charge in [0.2, 0.25) is 5.91 Å². The second kappa shape index (κ2) is 14.3. The van der Waals surface area contributed by atoms with Gasteiger partial charge in [-0.3, -0.25) is 14.4 Å². The highest BCUT2D eigenvalue weighted by atomic mass is 16.6. The molecular formula is C36H39N3O6. The molecule has 1 saturated heterocycles. The van der Waals surface area contributed by atoms with Crippen LogP contribution in [-0.4, -0.2) is 52.8 Å². The first-order chi connectivity index (χ1) is 21.7. The van der Waals surface area contributed by atoms with Gasteiger partial charge in [-0.05, 0) is 55.9 Å². The van der Waals surface area contributed by atoms with E-state index >= 15 is 0 Å². The van der Waals surface area contributed by atoms with Crippen molar-refractivity contribution in [3.63, 3.8) is 0 Å². The molecule has 1 fully saturated rings. The number of epoxide rings is 1. The van der Waals surface area contributed by atoms with E-state index in [2.05, 4.69) is 15.6 Å². The molecule has 1 aromatic heterocycles. The number of benzene rings is 3. The number of hydrogen-bond donors (Lipinski definition) is 3. The summed E-state index contributed by atoms with van der Waals surface area (Å²) in [4.78, 5) is 56.5. The van der Waals surface area contributed by atoms with E-state index in [1.807, 2.05) is 91.1 Å². The fourth-order valence-electron chi connectivity index (χ4n) is 5.40. The Morgan fingerprint density at radius 1 is 0.911 bits per heavy atom. The fraction of sp³-hybridized carbons (Fsp3) is 0.333. The van der Waals surface area contributed by atoms with Gasteiger partial charge in [-0.1, -0.05) is 78.9 Å². The Balaban J connectivity index is 1.29. The zero-order chi connectivity index (χ0) is 31.8. The standard InChI is InChI=1S/C36H39N3O6/c1-24(38-35(43)44-22-26-13-7-4-8-14-26)32(40)20-27(19-28-21-37-30-16-10-9-15-29(28)30)34(42)39-31(33(41)36(2)23-45-36)18-17-25-11-5-3-6-12-25/h3-16,21,24,27,31,37H,17-20,22-23H2,1-2H3,(H,38,43)(H,39,42)/t24-,27?,31?,36+/m0/s1. The highest BCUT2D eigenvalue weighted by Gasteiger charge is 2.50. The summed E-state index contributed by atoms with van der Waals surface area (Å²) >= 11 is 0. The van der Waals surface area contributed by atoms with E-state index in [0.29, 0.717) is 19.4 Å². The van der Waals surface area contributed by atoms with Crippen molar-refractivity contribution in [1.82, 2.24) is 15.6 Å². The van der Waals surface area contributed by atoms with E-state index < -0.39 is 35.6 Å². The number of para-hydroxylation sites is 1.